The lowest BCUT2D eigenvalue weighted by atomic mass is 10.1. The summed E-state index contributed by atoms with van der Waals surface area (Å²) in [6, 6.07) is 19.9. The van der Waals surface area contributed by atoms with Crippen LogP contribution < -0.4 is 5.43 Å². The zero-order chi connectivity index (χ0) is 16.4. The molecule has 1 amide bonds. The smallest absolute Gasteiger partial charge is 0.426 e. The van der Waals surface area contributed by atoms with Crippen LogP contribution in [-0.2, 0) is 4.74 Å². The van der Waals surface area contributed by atoms with E-state index in [4.69, 9.17) is 4.74 Å². The number of carbonyl (C=O) groups excluding carboxylic acids is 1. The van der Waals surface area contributed by atoms with Gasteiger partial charge < -0.3 is 4.74 Å². The number of nitrogens with zero attached hydrogens (tertiary/aromatic N) is 1. The monoisotopic (exact) mass is 308 g/mol. The number of fused-ring (bicyclic) bond motifs is 1. The SMILES string of the molecule is CC(C)(C)OC(=O)Nn1c(-c2ccccc2)cc2ccccc21. The Morgan fingerprint density at radius 3 is 2.35 bits per heavy atom. The van der Waals surface area contributed by atoms with Gasteiger partial charge in [-0.05, 0) is 32.9 Å². The van der Waals surface area contributed by atoms with Gasteiger partial charge in [0.15, 0.2) is 0 Å². The molecule has 4 heteroatoms. The lowest BCUT2D eigenvalue weighted by molar-refractivity contribution is 0.0615. The zero-order valence-corrected chi connectivity index (χ0v) is 13.5. The summed E-state index contributed by atoms with van der Waals surface area (Å²) >= 11 is 0. The lowest BCUT2D eigenvalue weighted by Gasteiger charge is -2.21. The van der Waals surface area contributed by atoms with Gasteiger partial charge in [-0.2, -0.15) is 0 Å². The van der Waals surface area contributed by atoms with Crippen LogP contribution in [0, 0.1) is 0 Å². The highest BCUT2D eigenvalue weighted by Crippen LogP contribution is 2.27. The minimum absolute atomic E-state index is 0.476. The molecule has 0 aliphatic rings. The standard InChI is InChI=1S/C19H20N2O2/c1-19(2,3)23-18(22)20-21-16-12-8-7-11-15(16)13-17(21)14-9-5-4-6-10-14/h4-13H,1-3H3,(H,20,22). The molecule has 0 saturated carbocycles. The van der Waals surface area contributed by atoms with E-state index in [2.05, 4.69) is 11.5 Å². The Morgan fingerprint density at radius 2 is 1.65 bits per heavy atom. The maximum absolute atomic E-state index is 12.2. The molecule has 0 spiro atoms. The Balaban J connectivity index is 2.05. The molecule has 3 aromatic rings. The first-order valence-corrected chi connectivity index (χ1v) is 7.60. The zero-order valence-electron chi connectivity index (χ0n) is 13.5. The molecule has 0 aliphatic heterocycles. The summed E-state index contributed by atoms with van der Waals surface area (Å²) in [6.07, 6.45) is -0.476. The third-order valence-corrected chi connectivity index (χ3v) is 3.38. The fraction of sp³-hybridized carbons (Fsp3) is 0.211. The fourth-order valence-corrected chi connectivity index (χ4v) is 2.49. The second-order valence-electron chi connectivity index (χ2n) is 6.40. The van der Waals surface area contributed by atoms with Gasteiger partial charge in [0.2, 0.25) is 0 Å². The summed E-state index contributed by atoms with van der Waals surface area (Å²) in [5.41, 5.74) is 5.17. The Morgan fingerprint density at radius 1 is 1.00 bits per heavy atom. The summed E-state index contributed by atoms with van der Waals surface area (Å²) in [7, 11) is 0. The number of ether oxygens (including phenoxy) is 1. The van der Waals surface area contributed by atoms with Crippen molar-refractivity contribution in [2.45, 2.75) is 26.4 Å². The molecule has 0 bridgehead atoms. The van der Waals surface area contributed by atoms with Gasteiger partial charge in [0.05, 0.1) is 11.2 Å². The van der Waals surface area contributed by atoms with Crippen molar-refractivity contribution in [3.63, 3.8) is 0 Å². The summed E-state index contributed by atoms with van der Waals surface area (Å²) in [4.78, 5) is 12.2. The maximum atomic E-state index is 12.2. The van der Waals surface area contributed by atoms with Gasteiger partial charge in [0.25, 0.3) is 0 Å². The number of amides is 1. The molecule has 118 valence electrons. The normalized spacial score (nSPS) is 11.4. The first-order chi connectivity index (χ1) is 10.9. The quantitative estimate of drug-likeness (QED) is 0.740. The van der Waals surface area contributed by atoms with Crippen LogP contribution in [0.2, 0.25) is 0 Å². The molecule has 1 N–H and O–H groups in total. The Hall–Kier alpha value is -2.75. The van der Waals surface area contributed by atoms with Crippen molar-refractivity contribution in [2.75, 3.05) is 5.43 Å². The third kappa shape index (κ3) is 3.37. The van der Waals surface area contributed by atoms with Crippen molar-refractivity contribution in [1.82, 2.24) is 4.68 Å². The second kappa shape index (κ2) is 5.80. The number of aromatic nitrogens is 1. The second-order valence-corrected chi connectivity index (χ2v) is 6.40. The fourth-order valence-electron chi connectivity index (χ4n) is 2.49. The van der Waals surface area contributed by atoms with E-state index in [1.165, 1.54) is 0 Å². The van der Waals surface area contributed by atoms with Crippen LogP contribution in [0.25, 0.3) is 22.2 Å². The number of rotatable bonds is 2. The average Bonchev–Trinajstić information content (AvgIpc) is 2.85. The van der Waals surface area contributed by atoms with Crippen LogP contribution >= 0.6 is 0 Å². The number of carbonyl (C=O) groups is 1. The number of nitrogens with one attached hydrogen (secondary N) is 1. The van der Waals surface area contributed by atoms with Crippen molar-refractivity contribution in [3.05, 3.63) is 60.7 Å². The topological polar surface area (TPSA) is 43.3 Å². The van der Waals surface area contributed by atoms with E-state index in [0.29, 0.717) is 0 Å². The molecule has 0 atom stereocenters. The molecule has 0 saturated heterocycles. The van der Waals surface area contributed by atoms with Crippen LogP contribution in [0.15, 0.2) is 60.7 Å². The molecule has 0 fully saturated rings. The number of para-hydroxylation sites is 1. The van der Waals surface area contributed by atoms with E-state index >= 15 is 0 Å². The number of hydrogen-bond donors (Lipinski definition) is 1. The first-order valence-electron chi connectivity index (χ1n) is 7.60. The van der Waals surface area contributed by atoms with Crippen LogP contribution in [0.3, 0.4) is 0 Å². The Bertz CT molecular complexity index is 829. The molecule has 2 aromatic carbocycles. The van der Waals surface area contributed by atoms with Gasteiger partial charge in [-0.15, -0.1) is 0 Å². The van der Waals surface area contributed by atoms with Crippen LogP contribution in [0.1, 0.15) is 20.8 Å². The molecule has 1 aromatic heterocycles. The van der Waals surface area contributed by atoms with Crippen molar-refractivity contribution in [3.8, 4) is 11.3 Å². The van der Waals surface area contributed by atoms with Gasteiger partial charge in [-0.25, -0.2) is 14.9 Å². The minimum Gasteiger partial charge on any atom is -0.443 e. The molecule has 1 heterocycles. The molecular formula is C19H20N2O2. The van der Waals surface area contributed by atoms with E-state index in [1.807, 2.05) is 75.4 Å². The van der Waals surface area contributed by atoms with Gasteiger partial charge >= 0.3 is 6.09 Å². The summed E-state index contributed by atoms with van der Waals surface area (Å²) in [6.45, 7) is 5.54. The van der Waals surface area contributed by atoms with E-state index in [1.54, 1.807) is 4.68 Å². The predicted molar refractivity (Wildman–Crippen MR) is 93.0 cm³/mol. The molecule has 0 aliphatic carbocycles. The third-order valence-electron chi connectivity index (χ3n) is 3.38. The van der Waals surface area contributed by atoms with Crippen molar-refractivity contribution in [2.24, 2.45) is 0 Å². The highest BCUT2D eigenvalue weighted by Gasteiger charge is 2.18. The number of benzene rings is 2. The largest absolute Gasteiger partial charge is 0.443 e. The van der Waals surface area contributed by atoms with Gasteiger partial charge in [-0.1, -0.05) is 48.5 Å². The number of hydrogen-bond acceptors (Lipinski definition) is 2. The molecule has 3 rings (SSSR count). The predicted octanol–water partition coefficient (Wildman–Crippen LogP) is 4.79. The molecule has 0 unspecified atom stereocenters. The Labute approximate surface area is 135 Å². The first kappa shape index (κ1) is 15.2. The summed E-state index contributed by atoms with van der Waals surface area (Å²) in [5.74, 6) is 0. The van der Waals surface area contributed by atoms with Crippen molar-refractivity contribution < 1.29 is 9.53 Å². The summed E-state index contributed by atoms with van der Waals surface area (Å²) in [5, 5.41) is 1.06. The molecular weight excluding hydrogens is 288 g/mol. The lowest BCUT2D eigenvalue weighted by Crippen LogP contribution is -2.31. The minimum atomic E-state index is -0.542. The maximum Gasteiger partial charge on any atom is 0.426 e. The molecule has 4 nitrogen and oxygen atoms in total. The van der Waals surface area contributed by atoms with E-state index < -0.39 is 11.7 Å². The molecule has 0 radical (unpaired) electrons. The van der Waals surface area contributed by atoms with Gasteiger partial charge in [0.1, 0.15) is 5.60 Å². The van der Waals surface area contributed by atoms with Crippen molar-refractivity contribution in [1.29, 1.82) is 0 Å². The van der Waals surface area contributed by atoms with Crippen LogP contribution in [0.5, 0.6) is 0 Å². The average molecular weight is 308 g/mol. The van der Waals surface area contributed by atoms with Crippen molar-refractivity contribution >= 4 is 17.0 Å². The highest BCUT2D eigenvalue weighted by molar-refractivity contribution is 5.90. The van der Waals surface area contributed by atoms with E-state index in [0.717, 1.165) is 22.2 Å². The van der Waals surface area contributed by atoms with E-state index in [9.17, 15) is 4.79 Å². The summed E-state index contributed by atoms with van der Waals surface area (Å²) < 4.78 is 7.16. The van der Waals surface area contributed by atoms with Crippen LogP contribution in [-0.4, -0.2) is 16.4 Å². The van der Waals surface area contributed by atoms with E-state index in [-0.39, 0.29) is 0 Å². The van der Waals surface area contributed by atoms with Gasteiger partial charge in [-0.3, -0.25) is 0 Å². The Kier molecular flexibility index (Phi) is 3.82. The van der Waals surface area contributed by atoms with Crippen LogP contribution in [0.4, 0.5) is 4.79 Å². The highest BCUT2D eigenvalue weighted by atomic mass is 16.6. The molecule has 23 heavy (non-hydrogen) atoms. The van der Waals surface area contributed by atoms with Gasteiger partial charge in [0, 0.05) is 10.9 Å².